The van der Waals surface area contributed by atoms with E-state index >= 15 is 0 Å². The summed E-state index contributed by atoms with van der Waals surface area (Å²) in [5.41, 5.74) is -1.00. The van der Waals surface area contributed by atoms with Crippen molar-refractivity contribution in [3.8, 4) is 0 Å². The van der Waals surface area contributed by atoms with Crippen LogP contribution in [0.2, 0.25) is 0 Å². The van der Waals surface area contributed by atoms with E-state index in [1.54, 1.807) is 0 Å². The maximum Gasteiger partial charge on any atom is 0.282 e. The lowest BCUT2D eigenvalue weighted by Crippen LogP contribution is -2.59. The molecule has 1 amide bonds. The molecule has 0 aromatic carbocycles. The molecule has 1 rings (SSSR count). The van der Waals surface area contributed by atoms with Crippen LogP contribution >= 0.6 is 0 Å². The standard InChI is InChI=1S/C9H13F2NO/c1-6(2)7(10)8(13)12-4-9(3,11)5-12/h4-5H2,1-3H3. The van der Waals surface area contributed by atoms with Gasteiger partial charge in [0.15, 0.2) is 5.83 Å². The Labute approximate surface area is 76.2 Å². The summed E-state index contributed by atoms with van der Waals surface area (Å²) in [5, 5.41) is 0. The van der Waals surface area contributed by atoms with Gasteiger partial charge in [0.25, 0.3) is 5.91 Å². The van der Waals surface area contributed by atoms with E-state index in [9.17, 15) is 13.6 Å². The summed E-state index contributed by atoms with van der Waals surface area (Å²) in [5.74, 6) is -1.47. The lowest BCUT2D eigenvalue weighted by molar-refractivity contribution is -0.141. The number of alkyl halides is 1. The smallest absolute Gasteiger partial charge is 0.282 e. The van der Waals surface area contributed by atoms with Crippen LogP contribution in [-0.2, 0) is 4.79 Å². The average Bonchev–Trinajstić information content (AvgIpc) is 1.97. The first-order valence-electron chi connectivity index (χ1n) is 4.15. The predicted octanol–water partition coefficient (Wildman–Crippen LogP) is 1.82. The maximum absolute atomic E-state index is 13.0. The zero-order chi connectivity index (χ0) is 10.2. The number of halogens is 2. The average molecular weight is 189 g/mol. The normalized spacial score (nSPS) is 19.3. The van der Waals surface area contributed by atoms with Crippen molar-refractivity contribution in [3.63, 3.8) is 0 Å². The minimum atomic E-state index is -1.34. The molecule has 0 aliphatic carbocycles. The minimum Gasteiger partial charge on any atom is -0.330 e. The van der Waals surface area contributed by atoms with Crippen molar-refractivity contribution in [1.82, 2.24) is 4.90 Å². The van der Waals surface area contributed by atoms with Gasteiger partial charge in [0.1, 0.15) is 5.67 Å². The largest absolute Gasteiger partial charge is 0.330 e. The summed E-state index contributed by atoms with van der Waals surface area (Å²) >= 11 is 0. The molecule has 0 spiro atoms. The third-order valence-corrected chi connectivity index (χ3v) is 1.96. The molecule has 1 aliphatic heterocycles. The third kappa shape index (κ3) is 2.05. The van der Waals surface area contributed by atoms with Gasteiger partial charge >= 0.3 is 0 Å². The topological polar surface area (TPSA) is 20.3 Å². The van der Waals surface area contributed by atoms with Crippen LogP contribution in [0.4, 0.5) is 8.78 Å². The summed E-state index contributed by atoms with van der Waals surface area (Å²) in [6.07, 6.45) is 0. The van der Waals surface area contributed by atoms with Gasteiger partial charge in [-0.2, -0.15) is 0 Å². The molecule has 2 nitrogen and oxygen atoms in total. The van der Waals surface area contributed by atoms with E-state index in [1.165, 1.54) is 25.7 Å². The highest BCUT2D eigenvalue weighted by Crippen LogP contribution is 2.26. The summed E-state index contributed by atoms with van der Waals surface area (Å²) in [4.78, 5) is 12.3. The maximum atomic E-state index is 13.0. The number of rotatable bonds is 1. The Morgan fingerprint density at radius 3 is 2.15 bits per heavy atom. The number of hydrogen-bond acceptors (Lipinski definition) is 1. The molecule has 1 fully saturated rings. The van der Waals surface area contributed by atoms with E-state index in [0.717, 1.165) is 0 Å². The summed E-state index contributed by atoms with van der Waals surface area (Å²) in [6, 6.07) is 0. The molecular formula is C9H13F2NO. The predicted molar refractivity (Wildman–Crippen MR) is 45.6 cm³/mol. The molecule has 1 aliphatic rings. The number of carbonyl (C=O) groups excluding carboxylic acids is 1. The number of hydrogen-bond donors (Lipinski definition) is 0. The van der Waals surface area contributed by atoms with E-state index in [1.807, 2.05) is 0 Å². The Morgan fingerprint density at radius 2 is 1.85 bits per heavy atom. The number of carbonyl (C=O) groups is 1. The molecule has 0 unspecified atom stereocenters. The van der Waals surface area contributed by atoms with Gasteiger partial charge in [0.2, 0.25) is 0 Å². The fraction of sp³-hybridized carbons (Fsp3) is 0.667. The molecule has 0 saturated carbocycles. The lowest BCUT2D eigenvalue weighted by Gasteiger charge is -2.41. The second-order valence-corrected chi connectivity index (χ2v) is 3.89. The SMILES string of the molecule is CC(C)=C(F)C(=O)N1CC(C)(F)C1. The molecule has 0 atom stereocenters. The first kappa shape index (κ1) is 10.2. The molecule has 0 radical (unpaired) electrons. The van der Waals surface area contributed by atoms with Crippen LogP contribution in [-0.4, -0.2) is 29.6 Å². The molecule has 13 heavy (non-hydrogen) atoms. The lowest BCUT2D eigenvalue weighted by atomic mass is 9.99. The Hall–Kier alpha value is -0.930. The highest BCUT2D eigenvalue weighted by molar-refractivity contribution is 5.92. The van der Waals surface area contributed by atoms with E-state index in [-0.39, 0.29) is 13.1 Å². The highest BCUT2D eigenvalue weighted by Gasteiger charge is 2.42. The monoisotopic (exact) mass is 189 g/mol. The van der Waals surface area contributed by atoms with Crippen molar-refractivity contribution < 1.29 is 13.6 Å². The van der Waals surface area contributed by atoms with Gasteiger partial charge in [-0.3, -0.25) is 4.79 Å². The zero-order valence-electron chi connectivity index (χ0n) is 8.03. The van der Waals surface area contributed by atoms with Crippen molar-refractivity contribution in [2.24, 2.45) is 0 Å². The molecule has 4 heteroatoms. The van der Waals surface area contributed by atoms with E-state index in [4.69, 9.17) is 0 Å². The van der Waals surface area contributed by atoms with Crippen LogP contribution < -0.4 is 0 Å². The summed E-state index contributed by atoms with van der Waals surface area (Å²) in [6.45, 7) is 4.42. The number of nitrogens with zero attached hydrogens (tertiary/aromatic N) is 1. The third-order valence-electron chi connectivity index (χ3n) is 1.96. The van der Waals surface area contributed by atoms with Gasteiger partial charge in [-0.05, 0) is 26.3 Å². The van der Waals surface area contributed by atoms with Crippen LogP contribution in [0, 0.1) is 0 Å². The Balaban J connectivity index is 2.59. The molecule has 0 aromatic rings. The van der Waals surface area contributed by atoms with Gasteiger partial charge in [-0.15, -0.1) is 0 Å². The van der Waals surface area contributed by atoms with E-state index in [0.29, 0.717) is 5.57 Å². The zero-order valence-corrected chi connectivity index (χ0v) is 8.03. The van der Waals surface area contributed by atoms with E-state index < -0.39 is 17.4 Å². The van der Waals surface area contributed by atoms with Crippen molar-refractivity contribution in [3.05, 3.63) is 11.4 Å². The quantitative estimate of drug-likeness (QED) is 0.576. The Bertz CT molecular complexity index is 259. The second kappa shape index (κ2) is 3.09. The van der Waals surface area contributed by atoms with Crippen molar-refractivity contribution in [2.75, 3.05) is 13.1 Å². The summed E-state index contributed by atoms with van der Waals surface area (Å²) < 4.78 is 26.0. The van der Waals surface area contributed by atoms with Crippen LogP contribution in [0.1, 0.15) is 20.8 Å². The van der Waals surface area contributed by atoms with Crippen LogP contribution in [0.25, 0.3) is 0 Å². The van der Waals surface area contributed by atoms with Gasteiger partial charge in [-0.1, -0.05) is 0 Å². The second-order valence-electron chi connectivity index (χ2n) is 3.89. The number of amides is 1. The Kier molecular flexibility index (Phi) is 2.41. The first-order valence-corrected chi connectivity index (χ1v) is 4.15. The number of likely N-dealkylation sites (tertiary alicyclic amines) is 1. The summed E-state index contributed by atoms with van der Waals surface area (Å²) in [7, 11) is 0. The van der Waals surface area contributed by atoms with Crippen molar-refractivity contribution in [1.29, 1.82) is 0 Å². The molecule has 74 valence electrons. The van der Waals surface area contributed by atoms with E-state index in [2.05, 4.69) is 0 Å². The fourth-order valence-electron chi connectivity index (χ4n) is 1.25. The van der Waals surface area contributed by atoms with Crippen molar-refractivity contribution in [2.45, 2.75) is 26.4 Å². The van der Waals surface area contributed by atoms with Crippen LogP contribution in [0.3, 0.4) is 0 Å². The Morgan fingerprint density at radius 1 is 1.38 bits per heavy atom. The molecular weight excluding hydrogens is 176 g/mol. The van der Waals surface area contributed by atoms with Crippen LogP contribution in [0.5, 0.6) is 0 Å². The first-order chi connectivity index (χ1) is 5.83. The van der Waals surface area contributed by atoms with Gasteiger partial charge in [0, 0.05) is 0 Å². The van der Waals surface area contributed by atoms with Gasteiger partial charge < -0.3 is 4.90 Å². The highest BCUT2D eigenvalue weighted by atomic mass is 19.1. The van der Waals surface area contributed by atoms with Crippen molar-refractivity contribution >= 4 is 5.91 Å². The van der Waals surface area contributed by atoms with Gasteiger partial charge in [0.05, 0.1) is 13.1 Å². The molecule has 0 bridgehead atoms. The fourth-order valence-corrected chi connectivity index (χ4v) is 1.25. The molecule has 0 aromatic heterocycles. The molecule has 0 N–H and O–H groups in total. The molecule has 1 heterocycles. The minimum absolute atomic E-state index is 0.00741. The number of allylic oxidation sites excluding steroid dienone is 1. The van der Waals surface area contributed by atoms with Gasteiger partial charge in [-0.25, -0.2) is 8.78 Å². The van der Waals surface area contributed by atoms with Crippen LogP contribution in [0.15, 0.2) is 11.4 Å². The molecule has 1 saturated heterocycles.